The van der Waals surface area contributed by atoms with Gasteiger partial charge in [0.05, 0.1) is 7.11 Å². The lowest BCUT2D eigenvalue weighted by Crippen LogP contribution is -1.89. The first kappa shape index (κ1) is 7.79. The van der Waals surface area contributed by atoms with Gasteiger partial charge in [0.2, 0.25) is 0 Å². The number of aliphatic imine (C=N–C) groups is 1. The van der Waals surface area contributed by atoms with Gasteiger partial charge in [0, 0.05) is 18.8 Å². The molecule has 0 aliphatic carbocycles. The molecule has 0 saturated heterocycles. The maximum absolute atomic E-state index is 5.11. The minimum Gasteiger partial charge on any atom is -0.496 e. The highest BCUT2D eigenvalue weighted by atomic mass is 16.5. The van der Waals surface area contributed by atoms with Gasteiger partial charge in [0.15, 0.2) is 0 Å². The largest absolute Gasteiger partial charge is 0.496 e. The first-order valence-electron chi connectivity index (χ1n) is 3.43. The third kappa shape index (κ3) is 1.80. The number of nitrogens with zero attached hydrogens (tertiary/aromatic N) is 1. The van der Waals surface area contributed by atoms with E-state index in [9.17, 15) is 0 Å². The van der Waals surface area contributed by atoms with Crippen LogP contribution in [0.3, 0.4) is 0 Å². The predicted molar refractivity (Wildman–Crippen MR) is 46.5 cm³/mol. The van der Waals surface area contributed by atoms with E-state index >= 15 is 0 Å². The molecular weight excluding hydrogens is 138 g/mol. The molecule has 0 aromatic heterocycles. The summed E-state index contributed by atoms with van der Waals surface area (Å²) in [5.41, 5.74) is 1.01. The average Bonchev–Trinajstić information content (AvgIpc) is 2.06. The van der Waals surface area contributed by atoms with Gasteiger partial charge < -0.3 is 4.74 Å². The molecule has 0 atom stereocenters. The van der Waals surface area contributed by atoms with E-state index in [2.05, 4.69) is 4.99 Å². The Labute approximate surface area is 66.5 Å². The molecule has 0 bridgehead atoms. The fourth-order valence-electron chi connectivity index (χ4n) is 0.912. The third-order valence-electron chi connectivity index (χ3n) is 1.41. The summed E-state index contributed by atoms with van der Waals surface area (Å²) in [6.07, 6.45) is 1.78. The molecule has 0 amide bonds. The molecule has 2 nitrogen and oxygen atoms in total. The van der Waals surface area contributed by atoms with Gasteiger partial charge in [-0.25, -0.2) is 0 Å². The van der Waals surface area contributed by atoms with Crippen LogP contribution in [0.4, 0.5) is 0 Å². The van der Waals surface area contributed by atoms with E-state index in [1.807, 2.05) is 24.3 Å². The summed E-state index contributed by atoms with van der Waals surface area (Å²) in [5, 5.41) is 0. The molecule has 0 spiro atoms. The zero-order chi connectivity index (χ0) is 8.10. The maximum Gasteiger partial charge on any atom is 0.127 e. The van der Waals surface area contributed by atoms with Gasteiger partial charge in [-0.3, -0.25) is 4.99 Å². The van der Waals surface area contributed by atoms with Gasteiger partial charge in [-0.05, 0) is 12.1 Å². The molecule has 0 aliphatic heterocycles. The highest BCUT2D eigenvalue weighted by Crippen LogP contribution is 2.14. The van der Waals surface area contributed by atoms with Crippen LogP contribution < -0.4 is 4.74 Å². The van der Waals surface area contributed by atoms with Gasteiger partial charge in [-0.15, -0.1) is 0 Å². The Morgan fingerprint density at radius 2 is 2.09 bits per heavy atom. The number of para-hydroxylation sites is 1. The quantitative estimate of drug-likeness (QED) is 0.587. The Bertz CT molecular complexity index is 255. The molecule has 2 heteroatoms. The average molecular weight is 149 g/mol. The standard InChI is InChI=1S/C9H11NO/c1-10-7-8-5-3-4-6-9(8)11-2/h3-7H,1-2H3/b10-7+. The lowest BCUT2D eigenvalue weighted by molar-refractivity contribution is 0.414. The molecule has 0 saturated carbocycles. The normalized spacial score (nSPS) is 10.4. The van der Waals surface area contributed by atoms with E-state index in [-0.39, 0.29) is 0 Å². The number of ether oxygens (including phenoxy) is 1. The maximum atomic E-state index is 5.11. The molecule has 11 heavy (non-hydrogen) atoms. The summed E-state index contributed by atoms with van der Waals surface area (Å²) >= 11 is 0. The second-order valence-electron chi connectivity index (χ2n) is 2.13. The van der Waals surface area contributed by atoms with Crippen molar-refractivity contribution in [2.24, 2.45) is 4.99 Å². The Hall–Kier alpha value is -1.31. The van der Waals surface area contributed by atoms with Crippen molar-refractivity contribution >= 4 is 6.21 Å². The summed E-state index contributed by atoms with van der Waals surface area (Å²) in [4.78, 5) is 3.91. The first-order chi connectivity index (χ1) is 5.38. The molecule has 1 rings (SSSR count). The second-order valence-corrected chi connectivity index (χ2v) is 2.13. The van der Waals surface area contributed by atoms with E-state index in [0.717, 1.165) is 11.3 Å². The Kier molecular flexibility index (Phi) is 2.66. The lowest BCUT2D eigenvalue weighted by atomic mass is 10.2. The van der Waals surface area contributed by atoms with Crippen molar-refractivity contribution in [1.29, 1.82) is 0 Å². The fourth-order valence-corrected chi connectivity index (χ4v) is 0.912. The van der Waals surface area contributed by atoms with E-state index in [1.165, 1.54) is 0 Å². The number of hydrogen-bond donors (Lipinski definition) is 0. The molecular formula is C9H11NO. The van der Waals surface area contributed by atoms with Crippen molar-refractivity contribution in [2.45, 2.75) is 0 Å². The van der Waals surface area contributed by atoms with E-state index < -0.39 is 0 Å². The molecule has 0 heterocycles. The molecule has 0 unspecified atom stereocenters. The van der Waals surface area contributed by atoms with Crippen LogP contribution in [0.25, 0.3) is 0 Å². The third-order valence-corrected chi connectivity index (χ3v) is 1.41. The number of hydrogen-bond acceptors (Lipinski definition) is 2. The van der Waals surface area contributed by atoms with Gasteiger partial charge in [0.1, 0.15) is 5.75 Å². The van der Waals surface area contributed by atoms with Crippen molar-refractivity contribution in [3.05, 3.63) is 29.8 Å². The van der Waals surface area contributed by atoms with Gasteiger partial charge in [-0.2, -0.15) is 0 Å². The molecule has 0 radical (unpaired) electrons. The van der Waals surface area contributed by atoms with Crippen LogP contribution in [0.15, 0.2) is 29.3 Å². The SMILES string of the molecule is C/N=C/c1ccccc1OC. The zero-order valence-electron chi connectivity index (χ0n) is 6.74. The summed E-state index contributed by atoms with van der Waals surface area (Å²) in [7, 11) is 3.40. The monoisotopic (exact) mass is 149 g/mol. The second kappa shape index (κ2) is 3.76. The Morgan fingerprint density at radius 3 is 2.73 bits per heavy atom. The van der Waals surface area contributed by atoms with Crippen LogP contribution in [0.1, 0.15) is 5.56 Å². The van der Waals surface area contributed by atoms with Gasteiger partial charge in [0.25, 0.3) is 0 Å². The zero-order valence-corrected chi connectivity index (χ0v) is 6.74. The van der Waals surface area contributed by atoms with Crippen LogP contribution in [0, 0.1) is 0 Å². The van der Waals surface area contributed by atoms with Crippen molar-refractivity contribution in [1.82, 2.24) is 0 Å². The van der Waals surface area contributed by atoms with Crippen molar-refractivity contribution in [3.63, 3.8) is 0 Å². The number of methoxy groups -OCH3 is 1. The number of rotatable bonds is 2. The highest BCUT2D eigenvalue weighted by molar-refractivity contribution is 5.83. The minimum atomic E-state index is 0.859. The van der Waals surface area contributed by atoms with Crippen LogP contribution in [0.5, 0.6) is 5.75 Å². The van der Waals surface area contributed by atoms with E-state index in [4.69, 9.17) is 4.74 Å². The van der Waals surface area contributed by atoms with Crippen molar-refractivity contribution < 1.29 is 4.74 Å². The summed E-state index contributed by atoms with van der Waals surface area (Å²) in [5.74, 6) is 0.859. The van der Waals surface area contributed by atoms with E-state index in [1.54, 1.807) is 20.4 Å². The van der Waals surface area contributed by atoms with Crippen LogP contribution in [0.2, 0.25) is 0 Å². The summed E-state index contributed by atoms with van der Waals surface area (Å²) in [6, 6.07) is 7.77. The van der Waals surface area contributed by atoms with Gasteiger partial charge in [-0.1, -0.05) is 12.1 Å². The first-order valence-corrected chi connectivity index (χ1v) is 3.43. The Balaban J connectivity index is 3.02. The van der Waals surface area contributed by atoms with Crippen molar-refractivity contribution in [2.75, 3.05) is 14.2 Å². The van der Waals surface area contributed by atoms with Crippen LogP contribution >= 0.6 is 0 Å². The molecule has 0 aliphatic rings. The summed E-state index contributed by atoms with van der Waals surface area (Å²) in [6.45, 7) is 0. The van der Waals surface area contributed by atoms with Crippen LogP contribution in [-0.2, 0) is 0 Å². The topological polar surface area (TPSA) is 21.6 Å². The molecule has 58 valence electrons. The molecule has 1 aromatic rings. The van der Waals surface area contributed by atoms with E-state index in [0.29, 0.717) is 0 Å². The molecule has 0 N–H and O–H groups in total. The Morgan fingerprint density at radius 1 is 1.36 bits per heavy atom. The number of benzene rings is 1. The van der Waals surface area contributed by atoms with Crippen molar-refractivity contribution in [3.8, 4) is 5.75 Å². The molecule has 1 aromatic carbocycles. The minimum absolute atomic E-state index is 0.859. The highest BCUT2D eigenvalue weighted by Gasteiger charge is 1.95. The molecule has 0 fully saturated rings. The smallest absolute Gasteiger partial charge is 0.127 e. The lowest BCUT2D eigenvalue weighted by Gasteiger charge is -2.01. The summed E-state index contributed by atoms with van der Waals surface area (Å²) < 4.78 is 5.11. The predicted octanol–water partition coefficient (Wildman–Crippen LogP) is 1.74. The fraction of sp³-hybridized carbons (Fsp3) is 0.222. The van der Waals surface area contributed by atoms with Crippen LogP contribution in [-0.4, -0.2) is 20.4 Å². The van der Waals surface area contributed by atoms with Gasteiger partial charge >= 0.3 is 0 Å².